The summed E-state index contributed by atoms with van der Waals surface area (Å²) in [6.07, 6.45) is 1.06. The molecule has 0 bridgehead atoms. The molecule has 0 aromatic heterocycles. The molecule has 2 nitrogen and oxygen atoms in total. The second kappa shape index (κ2) is 2.60. The van der Waals surface area contributed by atoms with Gasteiger partial charge in [-0.1, -0.05) is 6.92 Å². The van der Waals surface area contributed by atoms with Crippen LogP contribution in [0.3, 0.4) is 0 Å². The lowest BCUT2D eigenvalue weighted by Gasteiger charge is -2.05. The van der Waals surface area contributed by atoms with Crippen molar-refractivity contribution >= 4 is 5.97 Å². The van der Waals surface area contributed by atoms with E-state index in [1.807, 2.05) is 13.8 Å². The van der Waals surface area contributed by atoms with Gasteiger partial charge in [0, 0.05) is 0 Å². The second-order valence-electron chi connectivity index (χ2n) is 3.31. The highest BCUT2D eigenvalue weighted by atomic mass is 16.5. The molecule has 0 aliphatic heterocycles. The lowest BCUT2D eigenvalue weighted by atomic mass is 10.3. The molecule has 2 atom stereocenters. The Morgan fingerprint density at radius 3 is 2.40 bits per heavy atom. The number of carbonyl (C=O) groups is 1. The van der Waals surface area contributed by atoms with Gasteiger partial charge in [0.25, 0.3) is 0 Å². The van der Waals surface area contributed by atoms with Crippen molar-refractivity contribution in [2.24, 2.45) is 11.8 Å². The van der Waals surface area contributed by atoms with Crippen LogP contribution in [0.4, 0.5) is 0 Å². The first-order chi connectivity index (χ1) is 4.61. The van der Waals surface area contributed by atoms with Gasteiger partial charge in [-0.3, -0.25) is 4.79 Å². The van der Waals surface area contributed by atoms with Crippen LogP contribution in [0.1, 0.15) is 27.2 Å². The summed E-state index contributed by atoms with van der Waals surface area (Å²) in [7, 11) is 0. The molecule has 1 saturated carbocycles. The van der Waals surface area contributed by atoms with E-state index in [0.29, 0.717) is 5.92 Å². The number of hydrogen-bond donors (Lipinski definition) is 0. The zero-order valence-electron chi connectivity index (χ0n) is 6.76. The summed E-state index contributed by atoms with van der Waals surface area (Å²) in [5, 5.41) is 0. The maximum absolute atomic E-state index is 11.0. The van der Waals surface area contributed by atoms with Crippen LogP contribution in [0.25, 0.3) is 0 Å². The predicted molar refractivity (Wildman–Crippen MR) is 38.5 cm³/mol. The van der Waals surface area contributed by atoms with Crippen LogP contribution in [0.5, 0.6) is 0 Å². The van der Waals surface area contributed by atoms with Gasteiger partial charge in [0.1, 0.15) is 0 Å². The molecule has 10 heavy (non-hydrogen) atoms. The molecular formula is C8H14O2. The Bertz CT molecular complexity index is 140. The summed E-state index contributed by atoms with van der Waals surface area (Å²) in [6.45, 7) is 5.84. The Morgan fingerprint density at radius 1 is 1.60 bits per heavy atom. The molecule has 0 saturated heterocycles. The predicted octanol–water partition coefficient (Wildman–Crippen LogP) is 1.59. The smallest absolute Gasteiger partial charge is 0.309 e. The largest absolute Gasteiger partial charge is 0.463 e. The van der Waals surface area contributed by atoms with Gasteiger partial charge in [0.15, 0.2) is 0 Å². The first kappa shape index (κ1) is 7.58. The van der Waals surface area contributed by atoms with Crippen molar-refractivity contribution in [3.63, 3.8) is 0 Å². The molecule has 0 aromatic rings. The molecule has 0 N–H and O–H groups in total. The van der Waals surface area contributed by atoms with Crippen LogP contribution in [0, 0.1) is 11.8 Å². The average molecular weight is 142 g/mol. The molecule has 1 rings (SSSR count). The molecule has 2 heteroatoms. The summed E-state index contributed by atoms with van der Waals surface area (Å²) in [4.78, 5) is 11.0. The number of ether oxygens (including phenoxy) is 1. The van der Waals surface area contributed by atoms with Gasteiger partial charge < -0.3 is 4.74 Å². The van der Waals surface area contributed by atoms with Crippen LogP contribution >= 0.6 is 0 Å². The summed E-state index contributed by atoms with van der Waals surface area (Å²) in [6, 6.07) is 0. The lowest BCUT2D eigenvalue weighted by Crippen LogP contribution is -2.13. The van der Waals surface area contributed by atoms with Crippen LogP contribution < -0.4 is 0 Å². The standard InChI is InChI=1S/C8H14O2/c1-5(2)10-8(9)7-4-6(7)3/h5-7H,4H2,1-3H3/t6-,7-/m0/s1. The number of carbonyl (C=O) groups excluding carboxylic acids is 1. The van der Waals surface area contributed by atoms with Crippen molar-refractivity contribution < 1.29 is 9.53 Å². The van der Waals surface area contributed by atoms with E-state index in [1.54, 1.807) is 0 Å². The SMILES string of the molecule is CC(C)OC(=O)[C@H]1C[C@@H]1C. The zero-order valence-corrected chi connectivity index (χ0v) is 6.76. The normalized spacial score (nSPS) is 30.4. The van der Waals surface area contributed by atoms with Crippen LogP contribution in [-0.4, -0.2) is 12.1 Å². The quantitative estimate of drug-likeness (QED) is 0.547. The molecule has 0 amide bonds. The molecule has 0 heterocycles. The number of hydrogen-bond acceptors (Lipinski definition) is 2. The van der Waals surface area contributed by atoms with E-state index in [4.69, 9.17) is 4.74 Å². The van der Waals surface area contributed by atoms with E-state index in [9.17, 15) is 4.79 Å². The van der Waals surface area contributed by atoms with Crippen LogP contribution in [0.15, 0.2) is 0 Å². The van der Waals surface area contributed by atoms with Gasteiger partial charge in [0.2, 0.25) is 0 Å². The Kier molecular flexibility index (Phi) is 1.97. The fourth-order valence-corrected chi connectivity index (χ4v) is 0.970. The highest BCUT2D eigenvalue weighted by Gasteiger charge is 2.40. The second-order valence-corrected chi connectivity index (χ2v) is 3.31. The zero-order chi connectivity index (χ0) is 7.72. The van der Waals surface area contributed by atoms with Crippen molar-refractivity contribution in [3.05, 3.63) is 0 Å². The maximum atomic E-state index is 11.0. The molecule has 1 aliphatic rings. The lowest BCUT2D eigenvalue weighted by molar-refractivity contribution is -0.149. The Labute approximate surface area is 61.6 Å². The first-order valence-corrected chi connectivity index (χ1v) is 3.81. The third kappa shape index (κ3) is 1.72. The minimum atomic E-state index is -0.0116. The highest BCUT2D eigenvalue weighted by molar-refractivity contribution is 5.75. The minimum Gasteiger partial charge on any atom is -0.463 e. The minimum absolute atomic E-state index is 0.0116. The third-order valence-corrected chi connectivity index (χ3v) is 1.76. The molecule has 1 fully saturated rings. The van der Waals surface area contributed by atoms with Gasteiger partial charge >= 0.3 is 5.97 Å². The summed E-state index contributed by atoms with van der Waals surface area (Å²) in [5.41, 5.74) is 0. The fourth-order valence-electron chi connectivity index (χ4n) is 0.970. The maximum Gasteiger partial charge on any atom is 0.309 e. The molecule has 58 valence electrons. The van der Waals surface area contributed by atoms with E-state index in [2.05, 4.69) is 6.92 Å². The van der Waals surface area contributed by atoms with Crippen molar-refractivity contribution in [1.82, 2.24) is 0 Å². The molecule has 1 aliphatic carbocycles. The van der Waals surface area contributed by atoms with E-state index in [0.717, 1.165) is 6.42 Å². The number of esters is 1. The van der Waals surface area contributed by atoms with E-state index >= 15 is 0 Å². The third-order valence-electron chi connectivity index (χ3n) is 1.76. The van der Waals surface area contributed by atoms with E-state index in [-0.39, 0.29) is 18.0 Å². The topological polar surface area (TPSA) is 26.3 Å². The van der Waals surface area contributed by atoms with E-state index < -0.39 is 0 Å². The molecule has 0 unspecified atom stereocenters. The van der Waals surface area contributed by atoms with Gasteiger partial charge in [-0.05, 0) is 26.2 Å². The molecular weight excluding hydrogens is 128 g/mol. The van der Waals surface area contributed by atoms with Gasteiger partial charge in [-0.15, -0.1) is 0 Å². The van der Waals surface area contributed by atoms with Gasteiger partial charge in [-0.25, -0.2) is 0 Å². The molecule has 0 spiro atoms. The number of rotatable bonds is 2. The Morgan fingerprint density at radius 2 is 2.10 bits per heavy atom. The Hall–Kier alpha value is -0.530. The van der Waals surface area contributed by atoms with E-state index in [1.165, 1.54) is 0 Å². The van der Waals surface area contributed by atoms with Crippen LogP contribution in [-0.2, 0) is 9.53 Å². The molecule has 0 radical (unpaired) electrons. The Balaban J connectivity index is 2.23. The van der Waals surface area contributed by atoms with Crippen LogP contribution in [0.2, 0.25) is 0 Å². The van der Waals surface area contributed by atoms with Crippen molar-refractivity contribution in [1.29, 1.82) is 0 Å². The summed E-state index contributed by atoms with van der Waals surface area (Å²) >= 11 is 0. The average Bonchev–Trinajstić information content (AvgIpc) is 2.44. The molecule has 0 aromatic carbocycles. The van der Waals surface area contributed by atoms with Gasteiger partial charge in [0.05, 0.1) is 12.0 Å². The summed E-state index contributed by atoms with van der Waals surface area (Å²) in [5.74, 6) is 0.760. The van der Waals surface area contributed by atoms with Crippen molar-refractivity contribution in [3.8, 4) is 0 Å². The fraction of sp³-hybridized carbons (Fsp3) is 0.875. The highest BCUT2D eigenvalue weighted by Crippen LogP contribution is 2.38. The first-order valence-electron chi connectivity index (χ1n) is 3.81. The van der Waals surface area contributed by atoms with Crippen molar-refractivity contribution in [2.75, 3.05) is 0 Å². The van der Waals surface area contributed by atoms with Crippen molar-refractivity contribution in [2.45, 2.75) is 33.3 Å². The summed E-state index contributed by atoms with van der Waals surface area (Å²) < 4.78 is 5.01. The van der Waals surface area contributed by atoms with Gasteiger partial charge in [-0.2, -0.15) is 0 Å². The monoisotopic (exact) mass is 142 g/mol.